The molecule has 0 saturated heterocycles. The van der Waals surface area contributed by atoms with Gasteiger partial charge >= 0.3 is 15.2 Å². The molecule has 2 rings (SSSR count). The van der Waals surface area contributed by atoms with Crippen LogP contribution in [0.5, 0.6) is 5.75 Å². The van der Waals surface area contributed by atoms with E-state index in [9.17, 15) is 23.8 Å². The second-order valence-corrected chi connectivity index (χ2v) is 8.15. The van der Waals surface area contributed by atoms with E-state index in [1.165, 1.54) is 36.7 Å². The normalized spacial score (nSPS) is 15.6. The Morgan fingerprint density at radius 2 is 1.78 bits per heavy atom. The van der Waals surface area contributed by atoms with Gasteiger partial charge in [0.2, 0.25) is 0 Å². The molecule has 124 valence electrons. The van der Waals surface area contributed by atoms with Gasteiger partial charge in [-0.25, -0.2) is 4.57 Å². The molecule has 0 aliphatic rings. The predicted octanol–water partition coefficient (Wildman–Crippen LogP) is 2.07. The third-order valence-electron chi connectivity index (χ3n) is 2.81. The Hall–Kier alpha value is -1.53. The highest BCUT2D eigenvalue weighted by atomic mass is 31.2. The molecule has 0 bridgehead atoms. The molecule has 0 aliphatic heterocycles. The first-order valence-electron chi connectivity index (χ1n) is 6.53. The lowest BCUT2D eigenvalue weighted by Gasteiger charge is -2.21. The van der Waals surface area contributed by atoms with Crippen LogP contribution >= 0.6 is 15.2 Å². The van der Waals surface area contributed by atoms with Gasteiger partial charge in [0.25, 0.3) is 0 Å². The van der Waals surface area contributed by atoms with Gasteiger partial charge < -0.3 is 19.2 Å². The molecular weight excluding hydrogens is 342 g/mol. The molecule has 23 heavy (non-hydrogen) atoms. The highest BCUT2D eigenvalue weighted by molar-refractivity contribution is 7.53. The third-order valence-corrected chi connectivity index (χ3v) is 5.04. The lowest BCUT2D eigenvalue weighted by molar-refractivity contribution is 0.344. The van der Waals surface area contributed by atoms with Crippen LogP contribution in [0.2, 0.25) is 0 Å². The summed E-state index contributed by atoms with van der Waals surface area (Å²) in [4.78, 5) is 32.5. The van der Waals surface area contributed by atoms with Crippen molar-refractivity contribution in [3.05, 3.63) is 60.4 Å². The first kappa shape index (κ1) is 17.8. The minimum Gasteiger partial charge on any atom is -0.424 e. The fourth-order valence-corrected chi connectivity index (χ4v) is 3.79. The van der Waals surface area contributed by atoms with Crippen LogP contribution in [0.3, 0.4) is 0 Å². The second kappa shape index (κ2) is 7.36. The van der Waals surface area contributed by atoms with Gasteiger partial charge in [0.15, 0.2) is 0 Å². The van der Waals surface area contributed by atoms with Crippen LogP contribution < -0.4 is 9.84 Å². The molecule has 2 unspecified atom stereocenters. The molecule has 0 saturated carbocycles. The summed E-state index contributed by atoms with van der Waals surface area (Å²) in [5.41, 5.74) is 0.209. The molecule has 1 aromatic carbocycles. The van der Waals surface area contributed by atoms with Crippen LogP contribution in [0.4, 0.5) is 0 Å². The van der Waals surface area contributed by atoms with Crippen molar-refractivity contribution in [2.45, 2.75) is 5.78 Å². The Morgan fingerprint density at radius 1 is 1.09 bits per heavy atom. The minimum atomic E-state index is -4.61. The lowest BCUT2D eigenvalue weighted by Crippen LogP contribution is -2.24. The molecule has 8 nitrogen and oxygen atoms in total. The topological polar surface area (TPSA) is 129 Å². The number of hydrogen-bond acceptors (Lipinski definition) is 5. The van der Waals surface area contributed by atoms with E-state index in [0.717, 1.165) is 0 Å². The molecule has 10 heteroatoms. The van der Waals surface area contributed by atoms with Crippen molar-refractivity contribution in [2.75, 3.05) is 6.29 Å². The average Bonchev–Trinajstić information content (AvgIpc) is 2.47. The Balaban J connectivity index is 2.09. The summed E-state index contributed by atoms with van der Waals surface area (Å²) in [6, 6.07) is 11.0. The summed E-state index contributed by atoms with van der Waals surface area (Å²) >= 11 is 0. The number of nitrogens with zero attached hydrogens (tertiary/aromatic N) is 1. The van der Waals surface area contributed by atoms with Gasteiger partial charge in [-0.2, -0.15) is 0 Å². The van der Waals surface area contributed by atoms with Crippen molar-refractivity contribution in [1.29, 1.82) is 0 Å². The molecule has 0 aliphatic carbocycles. The third kappa shape index (κ3) is 5.55. The number of para-hydroxylation sites is 1. The predicted molar refractivity (Wildman–Crippen MR) is 83.9 cm³/mol. The molecule has 1 heterocycles. The van der Waals surface area contributed by atoms with Crippen molar-refractivity contribution in [1.82, 2.24) is 10.3 Å². The Labute approximate surface area is 132 Å². The van der Waals surface area contributed by atoms with Gasteiger partial charge in [-0.3, -0.25) is 14.9 Å². The number of pyridine rings is 1. The lowest BCUT2D eigenvalue weighted by atomic mass is 10.3. The number of hydrogen-bond donors (Lipinski definition) is 4. The molecule has 4 N–H and O–H groups in total. The van der Waals surface area contributed by atoms with Gasteiger partial charge in [-0.1, -0.05) is 24.3 Å². The van der Waals surface area contributed by atoms with Crippen LogP contribution in [0, 0.1) is 0 Å². The quantitative estimate of drug-likeness (QED) is 0.554. The molecule has 0 spiro atoms. The van der Waals surface area contributed by atoms with E-state index in [2.05, 4.69) is 10.3 Å². The molecule has 0 amide bonds. The van der Waals surface area contributed by atoms with Gasteiger partial charge in [0, 0.05) is 12.4 Å². The second-order valence-electron chi connectivity index (χ2n) is 4.68. The standard InChI is InChI=1S/C13H16N2O6P2/c16-22(17,21-12-6-2-1-3-7-12)10-15-13(23(18,19)20)11-5-4-8-14-9-11/h1-9,13,15H,10H2,(H,16,17)(H2,18,19,20). The fraction of sp³-hybridized carbons (Fsp3) is 0.154. The van der Waals surface area contributed by atoms with E-state index in [1.807, 2.05) is 0 Å². The van der Waals surface area contributed by atoms with E-state index >= 15 is 0 Å². The first-order chi connectivity index (χ1) is 10.8. The zero-order valence-electron chi connectivity index (χ0n) is 11.9. The van der Waals surface area contributed by atoms with E-state index in [0.29, 0.717) is 0 Å². The number of nitrogens with one attached hydrogen (secondary N) is 1. The average molecular weight is 358 g/mol. The Bertz CT molecular complexity index is 722. The van der Waals surface area contributed by atoms with E-state index in [-0.39, 0.29) is 11.3 Å². The van der Waals surface area contributed by atoms with E-state index in [1.54, 1.807) is 18.2 Å². The molecule has 0 radical (unpaired) electrons. The highest BCUT2D eigenvalue weighted by Gasteiger charge is 2.33. The SMILES string of the molecule is O=P(O)(CNC(c1cccnc1)P(=O)(O)O)Oc1ccccc1. The van der Waals surface area contributed by atoms with Crippen molar-refractivity contribution < 1.29 is 28.3 Å². The zero-order valence-corrected chi connectivity index (χ0v) is 13.7. The highest BCUT2D eigenvalue weighted by Crippen LogP contribution is 2.51. The molecule has 0 fully saturated rings. The van der Waals surface area contributed by atoms with Crippen molar-refractivity contribution in [3.63, 3.8) is 0 Å². The van der Waals surface area contributed by atoms with Crippen LogP contribution in [-0.4, -0.2) is 26.0 Å². The number of benzene rings is 1. The summed E-state index contributed by atoms with van der Waals surface area (Å²) in [5.74, 6) is -1.26. The van der Waals surface area contributed by atoms with Crippen LogP contribution in [0.15, 0.2) is 54.9 Å². The molecule has 2 aromatic rings. The smallest absolute Gasteiger partial charge is 0.390 e. The van der Waals surface area contributed by atoms with E-state index < -0.39 is 27.3 Å². The summed E-state index contributed by atoms with van der Waals surface area (Å²) in [6.07, 6.45) is 2.10. The van der Waals surface area contributed by atoms with Crippen LogP contribution in [-0.2, 0) is 9.13 Å². The van der Waals surface area contributed by atoms with Crippen molar-refractivity contribution >= 4 is 15.2 Å². The molecule has 1 aromatic heterocycles. The van der Waals surface area contributed by atoms with E-state index in [4.69, 9.17) is 4.52 Å². The first-order valence-corrected chi connectivity index (χ1v) is 9.97. The molecule has 2 atom stereocenters. The summed E-state index contributed by atoms with van der Waals surface area (Å²) in [6.45, 7) is 0. The zero-order chi connectivity index (χ0) is 16.9. The van der Waals surface area contributed by atoms with Gasteiger partial charge in [-0.05, 0) is 23.8 Å². The Morgan fingerprint density at radius 3 is 2.35 bits per heavy atom. The number of aromatic nitrogens is 1. The van der Waals surface area contributed by atoms with Crippen LogP contribution in [0.25, 0.3) is 0 Å². The maximum atomic E-state index is 12.0. The summed E-state index contributed by atoms with van der Waals surface area (Å²) in [7, 11) is -8.74. The van der Waals surface area contributed by atoms with Crippen LogP contribution in [0.1, 0.15) is 11.3 Å². The van der Waals surface area contributed by atoms with Gasteiger partial charge in [-0.15, -0.1) is 0 Å². The maximum absolute atomic E-state index is 12.0. The number of rotatable bonds is 7. The van der Waals surface area contributed by atoms with Crippen molar-refractivity contribution in [2.24, 2.45) is 0 Å². The summed E-state index contributed by atoms with van der Waals surface area (Å²) in [5, 5.41) is 2.40. The monoisotopic (exact) mass is 358 g/mol. The fourth-order valence-electron chi connectivity index (χ4n) is 1.85. The van der Waals surface area contributed by atoms with Gasteiger partial charge in [0.05, 0.1) is 0 Å². The van der Waals surface area contributed by atoms with Gasteiger partial charge in [0.1, 0.15) is 17.8 Å². The maximum Gasteiger partial charge on any atom is 0.390 e. The molecular formula is C13H16N2O6P2. The van der Waals surface area contributed by atoms with Crippen molar-refractivity contribution in [3.8, 4) is 5.75 Å². The largest absolute Gasteiger partial charge is 0.424 e. The summed E-state index contributed by atoms with van der Waals surface area (Å²) < 4.78 is 28.6. The Kier molecular flexibility index (Phi) is 5.70. The minimum absolute atomic E-state index is 0.189.